The summed E-state index contributed by atoms with van der Waals surface area (Å²) in [5.74, 6) is 0.915. The van der Waals surface area contributed by atoms with Crippen LogP contribution in [0.5, 0.6) is 0 Å². The maximum absolute atomic E-state index is 10.8. The normalized spacial score (nSPS) is 10.4. The Balaban J connectivity index is 2.03. The summed E-state index contributed by atoms with van der Waals surface area (Å²) in [5.41, 5.74) is 1.06. The summed E-state index contributed by atoms with van der Waals surface area (Å²) in [5, 5.41) is 3.52. The van der Waals surface area contributed by atoms with E-state index in [1.54, 1.807) is 6.20 Å². The molecule has 0 saturated carbocycles. The van der Waals surface area contributed by atoms with E-state index >= 15 is 0 Å². The third-order valence-corrected chi connectivity index (χ3v) is 3.19. The smallest absolute Gasteiger partial charge is 0.216 e. The van der Waals surface area contributed by atoms with Gasteiger partial charge in [-0.2, -0.15) is 0 Å². The van der Waals surface area contributed by atoms with E-state index in [-0.39, 0.29) is 5.91 Å². The standard InChI is InChI=1S/C14H16ClN3O/c1-11(19)16-7-6-14-17-8-9-18(14)10-12-4-2-3-5-13(12)15/h2-5,8-9H,6-7,10H2,1H3,(H,16,19). The van der Waals surface area contributed by atoms with Gasteiger partial charge in [-0.15, -0.1) is 0 Å². The lowest BCUT2D eigenvalue weighted by Gasteiger charge is -2.09. The van der Waals surface area contributed by atoms with Crippen molar-refractivity contribution in [2.75, 3.05) is 6.54 Å². The van der Waals surface area contributed by atoms with E-state index in [9.17, 15) is 4.79 Å². The molecule has 100 valence electrons. The number of hydrogen-bond donors (Lipinski definition) is 1. The van der Waals surface area contributed by atoms with Gasteiger partial charge >= 0.3 is 0 Å². The van der Waals surface area contributed by atoms with Crippen molar-refractivity contribution in [1.82, 2.24) is 14.9 Å². The third-order valence-electron chi connectivity index (χ3n) is 2.82. The lowest BCUT2D eigenvalue weighted by atomic mass is 10.2. The summed E-state index contributed by atoms with van der Waals surface area (Å²) in [6, 6.07) is 7.76. The Morgan fingerprint density at radius 1 is 1.42 bits per heavy atom. The molecule has 0 unspecified atom stereocenters. The van der Waals surface area contributed by atoms with Gasteiger partial charge in [0.2, 0.25) is 5.91 Å². The van der Waals surface area contributed by atoms with Crippen LogP contribution in [0.25, 0.3) is 0 Å². The van der Waals surface area contributed by atoms with Gasteiger partial charge in [0.25, 0.3) is 0 Å². The van der Waals surface area contributed by atoms with E-state index < -0.39 is 0 Å². The second-order valence-corrected chi connectivity index (χ2v) is 4.70. The van der Waals surface area contributed by atoms with E-state index in [1.807, 2.05) is 35.0 Å². The molecule has 0 spiro atoms. The first-order valence-corrected chi connectivity index (χ1v) is 6.52. The van der Waals surface area contributed by atoms with E-state index in [0.29, 0.717) is 19.5 Å². The number of carbonyl (C=O) groups is 1. The third kappa shape index (κ3) is 3.83. The zero-order chi connectivity index (χ0) is 13.7. The van der Waals surface area contributed by atoms with Crippen molar-refractivity contribution in [1.29, 1.82) is 0 Å². The Morgan fingerprint density at radius 3 is 2.95 bits per heavy atom. The van der Waals surface area contributed by atoms with Gasteiger partial charge in [-0.3, -0.25) is 4.79 Å². The number of hydrogen-bond acceptors (Lipinski definition) is 2. The second-order valence-electron chi connectivity index (χ2n) is 4.30. The molecule has 1 aromatic carbocycles. The van der Waals surface area contributed by atoms with E-state index in [2.05, 4.69) is 10.3 Å². The van der Waals surface area contributed by atoms with Crippen LogP contribution in [0.1, 0.15) is 18.3 Å². The van der Waals surface area contributed by atoms with Crippen molar-refractivity contribution in [2.45, 2.75) is 19.9 Å². The molecule has 0 aliphatic carbocycles. The van der Waals surface area contributed by atoms with Crippen LogP contribution < -0.4 is 5.32 Å². The van der Waals surface area contributed by atoms with Gasteiger partial charge in [0.1, 0.15) is 5.82 Å². The van der Waals surface area contributed by atoms with Gasteiger partial charge in [-0.05, 0) is 11.6 Å². The zero-order valence-electron chi connectivity index (χ0n) is 10.8. The molecule has 0 atom stereocenters. The fourth-order valence-corrected chi connectivity index (χ4v) is 2.07. The van der Waals surface area contributed by atoms with Crippen molar-refractivity contribution in [3.63, 3.8) is 0 Å². The first kappa shape index (κ1) is 13.6. The largest absolute Gasteiger partial charge is 0.356 e. The molecule has 19 heavy (non-hydrogen) atoms. The monoisotopic (exact) mass is 277 g/mol. The lowest BCUT2D eigenvalue weighted by molar-refractivity contribution is -0.118. The Labute approximate surface area is 117 Å². The van der Waals surface area contributed by atoms with Gasteiger partial charge in [-0.1, -0.05) is 29.8 Å². The number of nitrogens with one attached hydrogen (secondary N) is 1. The Kier molecular flexibility index (Phi) is 4.58. The molecule has 1 aromatic heterocycles. The molecule has 2 rings (SSSR count). The second kappa shape index (κ2) is 6.38. The first-order chi connectivity index (χ1) is 9.16. The van der Waals surface area contributed by atoms with Crippen molar-refractivity contribution >= 4 is 17.5 Å². The number of nitrogens with zero attached hydrogens (tertiary/aromatic N) is 2. The van der Waals surface area contributed by atoms with Gasteiger partial charge in [0, 0.05) is 37.3 Å². The number of halogens is 1. The average Bonchev–Trinajstić information content (AvgIpc) is 2.79. The molecule has 2 aromatic rings. The van der Waals surface area contributed by atoms with Crippen LogP contribution >= 0.6 is 11.6 Å². The molecule has 0 fully saturated rings. The number of amides is 1. The average molecular weight is 278 g/mol. The van der Waals surface area contributed by atoms with Gasteiger partial charge in [-0.25, -0.2) is 4.98 Å². The molecular formula is C14H16ClN3O. The van der Waals surface area contributed by atoms with Crippen molar-refractivity contribution < 1.29 is 4.79 Å². The van der Waals surface area contributed by atoms with Crippen LogP contribution in [0, 0.1) is 0 Å². The Bertz CT molecular complexity index is 565. The summed E-state index contributed by atoms with van der Waals surface area (Å²) < 4.78 is 2.04. The van der Waals surface area contributed by atoms with Crippen LogP contribution in [-0.2, 0) is 17.8 Å². The van der Waals surface area contributed by atoms with Crippen LogP contribution in [0.15, 0.2) is 36.7 Å². The van der Waals surface area contributed by atoms with E-state index in [0.717, 1.165) is 16.4 Å². The number of benzene rings is 1. The fourth-order valence-electron chi connectivity index (χ4n) is 1.87. The van der Waals surface area contributed by atoms with Crippen LogP contribution in [0.3, 0.4) is 0 Å². The molecule has 0 radical (unpaired) electrons. The number of rotatable bonds is 5. The fraction of sp³-hybridized carbons (Fsp3) is 0.286. The molecule has 0 bridgehead atoms. The Morgan fingerprint density at radius 2 is 2.21 bits per heavy atom. The summed E-state index contributed by atoms with van der Waals surface area (Å²) in [7, 11) is 0. The summed E-state index contributed by atoms with van der Waals surface area (Å²) in [6.45, 7) is 2.79. The summed E-state index contributed by atoms with van der Waals surface area (Å²) in [4.78, 5) is 15.1. The minimum atomic E-state index is -0.0239. The zero-order valence-corrected chi connectivity index (χ0v) is 11.5. The van der Waals surface area contributed by atoms with E-state index in [4.69, 9.17) is 11.6 Å². The maximum Gasteiger partial charge on any atom is 0.216 e. The van der Waals surface area contributed by atoms with Crippen molar-refractivity contribution in [3.05, 3.63) is 53.1 Å². The maximum atomic E-state index is 10.8. The molecule has 0 aliphatic heterocycles. The number of aromatic nitrogens is 2. The SMILES string of the molecule is CC(=O)NCCc1nccn1Cc1ccccc1Cl. The lowest BCUT2D eigenvalue weighted by Crippen LogP contribution is -2.23. The molecule has 1 amide bonds. The van der Waals surface area contributed by atoms with Crippen molar-refractivity contribution in [2.24, 2.45) is 0 Å². The van der Waals surface area contributed by atoms with Gasteiger partial charge < -0.3 is 9.88 Å². The highest BCUT2D eigenvalue weighted by Crippen LogP contribution is 2.16. The van der Waals surface area contributed by atoms with E-state index in [1.165, 1.54) is 6.92 Å². The topological polar surface area (TPSA) is 46.9 Å². The minimum absolute atomic E-state index is 0.0239. The minimum Gasteiger partial charge on any atom is -0.356 e. The van der Waals surface area contributed by atoms with Crippen molar-refractivity contribution in [3.8, 4) is 0 Å². The molecule has 1 N–H and O–H groups in total. The molecule has 1 heterocycles. The molecular weight excluding hydrogens is 262 g/mol. The number of carbonyl (C=O) groups excluding carboxylic acids is 1. The summed E-state index contributed by atoms with van der Waals surface area (Å²) >= 11 is 6.15. The highest BCUT2D eigenvalue weighted by atomic mass is 35.5. The number of imidazole rings is 1. The highest BCUT2D eigenvalue weighted by Gasteiger charge is 2.05. The molecule has 0 aliphatic rings. The van der Waals surface area contributed by atoms with Gasteiger partial charge in [0.05, 0.1) is 6.54 Å². The van der Waals surface area contributed by atoms with Crippen LogP contribution in [0.4, 0.5) is 0 Å². The molecule has 5 heteroatoms. The Hall–Kier alpha value is -1.81. The van der Waals surface area contributed by atoms with Gasteiger partial charge in [0.15, 0.2) is 0 Å². The predicted octanol–water partition coefficient (Wildman–Crippen LogP) is 2.26. The summed E-state index contributed by atoms with van der Waals surface area (Å²) in [6.07, 6.45) is 4.39. The molecule has 0 saturated heterocycles. The van der Waals surface area contributed by atoms with Crippen LogP contribution in [0.2, 0.25) is 5.02 Å². The van der Waals surface area contributed by atoms with Crippen LogP contribution in [-0.4, -0.2) is 22.0 Å². The predicted molar refractivity (Wildman–Crippen MR) is 75.2 cm³/mol. The molecule has 4 nitrogen and oxygen atoms in total. The quantitative estimate of drug-likeness (QED) is 0.911. The first-order valence-electron chi connectivity index (χ1n) is 6.14. The highest BCUT2D eigenvalue weighted by molar-refractivity contribution is 6.31.